The van der Waals surface area contributed by atoms with Gasteiger partial charge in [-0.05, 0) is 24.1 Å². The number of benzene rings is 1. The van der Waals surface area contributed by atoms with Crippen molar-refractivity contribution in [1.82, 2.24) is 10.3 Å². The van der Waals surface area contributed by atoms with Crippen molar-refractivity contribution in [1.29, 1.82) is 0 Å². The third-order valence-corrected chi connectivity index (χ3v) is 4.34. The van der Waals surface area contributed by atoms with Crippen LogP contribution in [0.25, 0.3) is 0 Å². The minimum atomic E-state index is 0.226. The largest absolute Gasteiger partial charge is 0.358 e. The molecule has 1 aliphatic rings. The molecule has 0 bridgehead atoms. The second-order valence-electron chi connectivity index (χ2n) is 4.82. The van der Waals surface area contributed by atoms with Crippen LogP contribution < -0.4 is 5.32 Å². The molecular formula is C16H17N3S. The fourth-order valence-electron chi connectivity index (χ4n) is 2.20. The smallest absolute Gasteiger partial charge is 0.157 e. The van der Waals surface area contributed by atoms with E-state index in [1.54, 1.807) is 18.0 Å². The van der Waals surface area contributed by atoms with Crippen molar-refractivity contribution in [2.45, 2.75) is 19.0 Å². The van der Waals surface area contributed by atoms with Crippen LogP contribution in [0.2, 0.25) is 0 Å². The van der Waals surface area contributed by atoms with Gasteiger partial charge in [-0.1, -0.05) is 48.2 Å². The first-order chi connectivity index (χ1) is 9.83. The minimum absolute atomic E-state index is 0.226. The normalized spacial score (nSPS) is 19.4. The molecule has 0 radical (unpaired) electrons. The van der Waals surface area contributed by atoms with Gasteiger partial charge in [0.05, 0.1) is 12.1 Å². The maximum Gasteiger partial charge on any atom is 0.157 e. The molecule has 2 aromatic rings. The number of nitrogens with one attached hydrogen (secondary N) is 1. The number of aromatic nitrogens is 1. The minimum Gasteiger partial charge on any atom is -0.358 e. The van der Waals surface area contributed by atoms with E-state index in [-0.39, 0.29) is 12.1 Å². The second-order valence-corrected chi connectivity index (χ2v) is 5.83. The van der Waals surface area contributed by atoms with Crippen molar-refractivity contribution < 1.29 is 0 Å². The van der Waals surface area contributed by atoms with Crippen LogP contribution >= 0.6 is 11.8 Å². The number of nitrogens with zero attached hydrogens (tertiary/aromatic N) is 2. The van der Waals surface area contributed by atoms with Gasteiger partial charge in [-0.25, -0.2) is 0 Å². The van der Waals surface area contributed by atoms with Gasteiger partial charge in [0.2, 0.25) is 0 Å². The Morgan fingerprint density at radius 2 is 2.05 bits per heavy atom. The first kappa shape index (κ1) is 13.2. The summed E-state index contributed by atoms with van der Waals surface area (Å²) in [4.78, 5) is 8.93. The van der Waals surface area contributed by atoms with Gasteiger partial charge in [0.25, 0.3) is 0 Å². The zero-order valence-electron chi connectivity index (χ0n) is 11.4. The first-order valence-corrected chi connectivity index (χ1v) is 7.73. The summed E-state index contributed by atoms with van der Waals surface area (Å²) in [7, 11) is 0. The van der Waals surface area contributed by atoms with Crippen LogP contribution in [0.15, 0.2) is 59.9 Å². The average Bonchev–Trinajstić information content (AvgIpc) is 2.97. The van der Waals surface area contributed by atoms with Crippen molar-refractivity contribution in [3.63, 3.8) is 0 Å². The van der Waals surface area contributed by atoms with Gasteiger partial charge >= 0.3 is 0 Å². The van der Waals surface area contributed by atoms with E-state index in [1.165, 1.54) is 11.1 Å². The predicted octanol–water partition coefficient (Wildman–Crippen LogP) is 3.58. The number of thioether (sulfide) groups is 1. The fraction of sp³-hybridized carbons (Fsp3) is 0.250. The van der Waals surface area contributed by atoms with Crippen molar-refractivity contribution in [3.05, 3.63) is 66.0 Å². The monoisotopic (exact) mass is 283 g/mol. The van der Waals surface area contributed by atoms with Crippen LogP contribution in [0.5, 0.6) is 0 Å². The number of aliphatic imine (C=N–C) groups is 1. The van der Waals surface area contributed by atoms with Crippen molar-refractivity contribution >= 4 is 16.9 Å². The molecule has 1 aromatic carbocycles. The molecule has 2 heterocycles. The van der Waals surface area contributed by atoms with Crippen molar-refractivity contribution in [2.24, 2.45) is 4.99 Å². The maximum atomic E-state index is 4.77. The quantitative estimate of drug-likeness (QED) is 0.935. The molecule has 0 spiro atoms. The average molecular weight is 283 g/mol. The third-order valence-electron chi connectivity index (χ3n) is 3.36. The van der Waals surface area contributed by atoms with Crippen LogP contribution in [0, 0.1) is 0 Å². The molecule has 3 nitrogen and oxygen atoms in total. The van der Waals surface area contributed by atoms with Crippen LogP contribution in [-0.4, -0.2) is 15.9 Å². The fourth-order valence-corrected chi connectivity index (χ4v) is 3.24. The van der Waals surface area contributed by atoms with Crippen LogP contribution in [0.1, 0.15) is 30.1 Å². The number of hydrogen-bond donors (Lipinski definition) is 1. The summed E-state index contributed by atoms with van der Waals surface area (Å²) in [5.74, 6) is 1.01. The molecule has 0 amide bonds. The SMILES string of the molecule is CC(NC1=NC(c2ccccc2)CS1)c1cccnc1. The van der Waals surface area contributed by atoms with Crippen LogP contribution in [0.3, 0.4) is 0 Å². The molecule has 0 saturated carbocycles. The number of rotatable bonds is 3. The summed E-state index contributed by atoms with van der Waals surface area (Å²) in [5, 5.41) is 4.49. The second kappa shape index (κ2) is 6.09. The maximum absolute atomic E-state index is 4.77. The van der Waals surface area contributed by atoms with E-state index >= 15 is 0 Å². The zero-order valence-corrected chi connectivity index (χ0v) is 12.2. The predicted molar refractivity (Wildman–Crippen MR) is 84.9 cm³/mol. The summed E-state index contributed by atoms with van der Waals surface area (Å²) in [5.41, 5.74) is 2.46. The molecule has 102 valence electrons. The summed E-state index contributed by atoms with van der Waals surface area (Å²) >= 11 is 1.79. The highest BCUT2D eigenvalue weighted by Gasteiger charge is 2.21. The molecule has 1 aromatic heterocycles. The van der Waals surface area contributed by atoms with Gasteiger partial charge in [-0.3, -0.25) is 9.98 Å². The van der Waals surface area contributed by atoms with E-state index in [4.69, 9.17) is 4.99 Å². The Morgan fingerprint density at radius 1 is 1.20 bits per heavy atom. The standard InChI is InChI=1S/C16H17N3S/c1-12(14-8-5-9-17-10-14)18-16-19-15(11-20-16)13-6-3-2-4-7-13/h2-10,12,15H,11H2,1H3,(H,18,19). The lowest BCUT2D eigenvalue weighted by Gasteiger charge is -2.14. The summed E-state index contributed by atoms with van der Waals surface area (Å²) in [6, 6.07) is 15.0. The van der Waals surface area contributed by atoms with Gasteiger partial charge in [-0.15, -0.1) is 0 Å². The molecule has 4 heteroatoms. The summed E-state index contributed by atoms with van der Waals surface area (Å²) in [6.45, 7) is 2.13. The zero-order chi connectivity index (χ0) is 13.8. The molecule has 0 aliphatic carbocycles. The number of amidine groups is 1. The van der Waals surface area contributed by atoms with E-state index < -0.39 is 0 Å². The highest BCUT2D eigenvalue weighted by atomic mass is 32.2. The number of pyridine rings is 1. The lowest BCUT2D eigenvalue weighted by molar-refractivity contribution is 0.713. The summed E-state index contributed by atoms with van der Waals surface area (Å²) in [6.07, 6.45) is 3.69. The molecule has 2 unspecified atom stereocenters. The van der Waals surface area contributed by atoms with Gasteiger partial charge in [-0.2, -0.15) is 0 Å². The summed E-state index contributed by atoms with van der Waals surface area (Å²) < 4.78 is 0. The first-order valence-electron chi connectivity index (χ1n) is 6.75. The third kappa shape index (κ3) is 3.02. The topological polar surface area (TPSA) is 37.3 Å². The molecule has 1 aliphatic heterocycles. The van der Waals surface area contributed by atoms with Gasteiger partial charge in [0.15, 0.2) is 5.17 Å². The Labute approximate surface area is 123 Å². The Morgan fingerprint density at radius 3 is 2.80 bits per heavy atom. The van der Waals surface area contributed by atoms with E-state index in [0.29, 0.717) is 0 Å². The Balaban J connectivity index is 1.67. The van der Waals surface area contributed by atoms with E-state index in [1.807, 2.05) is 18.3 Å². The van der Waals surface area contributed by atoms with E-state index in [2.05, 4.69) is 47.6 Å². The van der Waals surface area contributed by atoms with E-state index in [0.717, 1.165) is 10.9 Å². The molecule has 2 atom stereocenters. The lowest BCUT2D eigenvalue weighted by atomic mass is 10.1. The van der Waals surface area contributed by atoms with E-state index in [9.17, 15) is 0 Å². The van der Waals surface area contributed by atoms with Crippen molar-refractivity contribution in [3.8, 4) is 0 Å². The molecule has 1 N–H and O–H groups in total. The Kier molecular flexibility index (Phi) is 4.02. The number of hydrogen-bond acceptors (Lipinski definition) is 4. The molecular weight excluding hydrogens is 266 g/mol. The molecule has 20 heavy (non-hydrogen) atoms. The van der Waals surface area contributed by atoms with Crippen LogP contribution in [-0.2, 0) is 0 Å². The Hall–Kier alpha value is -1.81. The van der Waals surface area contributed by atoms with Crippen molar-refractivity contribution in [2.75, 3.05) is 5.75 Å². The van der Waals surface area contributed by atoms with Gasteiger partial charge in [0, 0.05) is 18.1 Å². The Bertz CT molecular complexity index is 583. The van der Waals surface area contributed by atoms with Gasteiger partial charge < -0.3 is 5.32 Å². The highest BCUT2D eigenvalue weighted by Crippen LogP contribution is 2.30. The van der Waals surface area contributed by atoms with Gasteiger partial charge in [0.1, 0.15) is 0 Å². The lowest BCUT2D eigenvalue weighted by Crippen LogP contribution is -2.22. The molecule has 3 rings (SSSR count). The van der Waals surface area contributed by atoms with Crippen LogP contribution in [0.4, 0.5) is 0 Å². The highest BCUT2D eigenvalue weighted by molar-refractivity contribution is 8.14. The molecule has 0 fully saturated rings. The molecule has 0 saturated heterocycles.